The van der Waals surface area contributed by atoms with E-state index in [1.165, 1.54) is 0 Å². The van der Waals surface area contributed by atoms with Gasteiger partial charge in [0.25, 0.3) is 0 Å². The Kier molecular flexibility index (Phi) is 26.3. The van der Waals surface area contributed by atoms with Crippen LogP contribution in [-0.4, -0.2) is 120 Å². The number of hydrogen-bond donors (Lipinski definition) is 7. The van der Waals surface area contributed by atoms with Gasteiger partial charge in [0.1, 0.15) is 11.2 Å². The van der Waals surface area contributed by atoms with Gasteiger partial charge in [0, 0.05) is 57.0 Å². The fourth-order valence-electron chi connectivity index (χ4n) is 5.56. The van der Waals surface area contributed by atoms with Gasteiger partial charge in [0.2, 0.25) is 17.7 Å². The molecule has 0 aliphatic carbocycles. The molecule has 0 aromatic rings. The van der Waals surface area contributed by atoms with Crippen molar-refractivity contribution in [2.24, 2.45) is 46.6 Å². The number of piperidine rings is 4. The maximum atomic E-state index is 11.7. The zero-order chi connectivity index (χ0) is 40.1. The normalized spacial score (nSPS) is 18.6. The van der Waals surface area contributed by atoms with Gasteiger partial charge in [0.15, 0.2) is 0 Å². The number of carbonyl (C=O) groups excluding carboxylic acids is 5. The van der Waals surface area contributed by atoms with Crippen LogP contribution in [0, 0.1) is 23.7 Å². The van der Waals surface area contributed by atoms with Gasteiger partial charge in [-0.1, -0.05) is 12.2 Å². The number of ether oxygens (including phenoxy) is 2. The molecule has 4 rings (SSSR count). The van der Waals surface area contributed by atoms with E-state index in [-0.39, 0.29) is 66.0 Å². The lowest BCUT2D eigenvalue weighted by atomic mass is 9.97. The molecule has 16 nitrogen and oxygen atoms in total. The van der Waals surface area contributed by atoms with Crippen LogP contribution in [0.3, 0.4) is 0 Å². The van der Waals surface area contributed by atoms with Gasteiger partial charge in [-0.2, -0.15) is 0 Å². The van der Waals surface area contributed by atoms with Gasteiger partial charge in [-0.3, -0.25) is 14.4 Å². The van der Waals surface area contributed by atoms with Crippen molar-refractivity contribution in [1.29, 1.82) is 0 Å². The van der Waals surface area contributed by atoms with Gasteiger partial charge in [0.05, 0.1) is 4.99 Å². The van der Waals surface area contributed by atoms with Crippen molar-refractivity contribution in [3.05, 3.63) is 0 Å². The van der Waals surface area contributed by atoms with Crippen molar-refractivity contribution < 1.29 is 38.6 Å². The summed E-state index contributed by atoms with van der Waals surface area (Å²) in [6.45, 7) is 17.3. The molecule has 0 aromatic carbocycles. The molecular formula is C35H69ClN8O8S. The van der Waals surface area contributed by atoms with E-state index in [0.717, 1.165) is 71.8 Å². The second-order valence-corrected chi connectivity index (χ2v) is 15.6. The van der Waals surface area contributed by atoms with Gasteiger partial charge in [-0.05, 0) is 119 Å². The number of primary amides is 3. The molecule has 0 saturated carbocycles. The number of halogens is 1. The van der Waals surface area contributed by atoms with Gasteiger partial charge in [-0.15, -0.1) is 12.4 Å². The quantitative estimate of drug-likeness (QED) is 0.202. The smallest absolute Gasteiger partial charge is 0.410 e. The molecular weight excluding hydrogens is 728 g/mol. The average Bonchev–Trinajstić information content (AvgIpc) is 3.09. The summed E-state index contributed by atoms with van der Waals surface area (Å²) in [7, 11) is 1.00. The summed E-state index contributed by atoms with van der Waals surface area (Å²) < 4.78 is 10.5. The summed E-state index contributed by atoms with van der Waals surface area (Å²) in [5.74, 6) is -0.123. The van der Waals surface area contributed by atoms with Crippen molar-refractivity contribution in [2.75, 3.05) is 59.5 Å². The molecule has 4 heterocycles. The molecule has 4 saturated heterocycles. The number of thiocarbonyl (C=S) groups is 1. The van der Waals surface area contributed by atoms with Gasteiger partial charge in [-0.25, -0.2) is 9.59 Å². The van der Waals surface area contributed by atoms with E-state index in [2.05, 4.69) is 10.6 Å². The fraction of sp³-hybridized carbons (Fsp3) is 0.829. The van der Waals surface area contributed by atoms with Crippen LogP contribution in [0.5, 0.6) is 0 Å². The molecule has 4 aliphatic rings. The number of aliphatic hydroxyl groups is 1. The topological polar surface area (TPSA) is 259 Å². The Balaban J connectivity index is 0. The monoisotopic (exact) mass is 796 g/mol. The van der Waals surface area contributed by atoms with Crippen LogP contribution in [0.25, 0.3) is 0 Å². The van der Waals surface area contributed by atoms with Crippen molar-refractivity contribution in [2.45, 2.75) is 104 Å². The van der Waals surface area contributed by atoms with Gasteiger partial charge >= 0.3 is 12.2 Å². The van der Waals surface area contributed by atoms with Crippen molar-refractivity contribution in [3.63, 3.8) is 0 Å². The second kappa shape index (κ2) is 26.7. The average molecular weight is 798 g/mol. The number of nitrogens with one attached hydrogen (secondary N) is 2. The Morgan fingerprint density at radius 2 is 0.792 bits per heavy atom. The summed E-state index contributed by atoms with van der Waals surface area (Å²) in [5.41, 5.74) is 20.1. The highest BCUT2D eigenvalue weighted by Gasteiger charge is 2.29. The number of nitrogens with two attached hydrogens (primary N) is 4. The molecule has 0 aromatic heterocycles. The summed E-state index contributed by atoms with van der Waals surface area (Å²) >= 11 is 4.95. The highest BCUT2D eigenvalue weighted by Crippen LogP contribution is 2.21. The molecule has 18 heteroatoms. The third-order valence-corrected chi connectivity index (χ3v) is 8.91. The van der Waals surface area contributed by atoms with E-state index in [4.69, 9.17) is 49.7 Å². The Bertz CT molecular complexity index is 1020. The molecule has 0 bridgehead atoms. The number of amides is 5. The maximum Gasteiger partial charge on any atom is 0.410 e. The second-order valence-electron chi connectivity index (χ2n) is 15.1. The number of nitrogens with zero attached hydrogens (tertiary/aromatic N) is 2. The zero-order valence-corrected chi connectivity index (χ0v) is 34.6. The minimum absolute atomic E-state index is 0. The van der Waals surface area contributed by atoms with Crippen LogP contribution in [0.2, 0.25) is 0 Å². The third-order valence-electron chi connectivity index (χ3n) is 8.58. The molecule has 310 valence electrons. The molecule has 53 heavy (non-hydrogen) atoms. The van der Waals surface area contributed by atoms with Crippen molar-refractivity contribution in [3.8, 4) is 0 Å². The van der Waals surface area contributed by atoms with Crippen LogP contribution in [0.15, 0.2) is 0 Å². The molecule has 0 unspecified atom stereocenters. The first-order valence-electron chi connectivity index (χ1n) is 18.2. The lowest BCUT2D eigenvalue weighted by molar-refractivity contribution is -0.123. The van der Waals surface area contributed by atoms with E-state index in [1.807, 2.05) is 41.5 Å². The third kappa shape index (κ3) is 24.1. The number of rotatable bonds is 4. The van der Waals surface area contributed by atoms with Crippen LogP contribution < -0.4 is 33.6 Å². The fourth-order valence-corrected chi connectivity index (χ4v) is 5.79. The van der Waals surface area contributed by atoms with Crippen molar-refractivity contribution in [1.82, 2.24) is 20.4 Å². The largest absolute Gasteiger partial charge is 0.444 e. The molecule has 0 atom stereocenters. The zero-order valence-electron chi connectivity index (χ0n) is 32.9. The predicted octanol–water partition coefficient (Wildman–Crippen LogP) is 2.01. The Hall–Kier alpha value is -2.99. The Morgan fingerprint density at radius 3 is 1.00 bits per heavy atom. The highest BCUT2D eigenvalue weighted by atomic mass is 35.5. The molecule has 4 aliphatic heterocycles. The first kappa shape index (κ1) is 52.1. The van der Waals surface area contributed by atoms with E-state index in [0.29, 0.717) is 44.0 Å². The molecule has 4 fully saturated rings. The first-order chi connectivity index (χ1) is 24.2. The van der Waals surface area contributed by atoms with E-state index < -0.39 is 11.2 Å². The van der Waals surface area contributed by atoms with Crippen LogP contribution in [-0.2, 0) is 23.9 Å². The van der Waals surface area contributed by atoms with Crippen LogP contribution in [0.1, 0.15) is 92.9 Å². The Labute approximate surface area is 327 Å². The molecule has 0 radical (unpaired) electrons. The van der Waals surface area contributed by atoms with E-state index in [9.17, 15) is 24.0 Å². The lowest BCUT2D eigenvalue weighted by Gasteiger charge is -2.33. The minimum atomic E-state index is -0.475. The number of likely N-dealkylation sites (tertiary alicyclic amines) is 2. The molecule has 5 amide bonds. The van der Waals surface area contributed by atoms with Crippen LogP contribution >= 0.6 is 24.6 Å². The van der Waals surface area contributed by atoms with E-state index in [1.54, 1.807) is 9.80 Å². The summed E-state index contributed by atoms with van der Waals surface area (Å²) in [6.07, 6.45) is 6.05. The number of aliphatic hydroxyl groups excluding tert-OH is 1. The van der Waals surface area contributed by atoms with Crippen molar-refractivity contribution >= 4 is 59.5 Å². The predicted molar refractivity (Wildman–Crippen MR) is 212 cm³/mol. The summed E-state index contributed by atoms with van der Waals surface area (Å²) in [5, 5.41) is 13.3. The Morgan fingerprint density at radius 1 is 0.547 bits per heavy atom. The maximum absolute atomic E-state index is 11.7. The standard InChI is InChI=1S/C11H20N2O3.C11H20N2O2S.2C6H12N2O.CH4O.ClH/c1-11(2,3)16-10(15)13-6-4-8(5-7-13)9(12)14;1-11(2,3)15-10(14)13-6-4-8(5-7-13)9(12)16;2*7-6(9)5-1-3-8-4-2-5;1-2;/h8H,4-7H2,1-3H3,(H2,12,14);8H,4-7H2,1-3H3,(H2,12,16);2*5,8H,1-4H2,(H2,7,9);2H,1H3;1H. The first-order valence-corrected chi connectivity index (χ1v) is 18.6. The number of hydrogen-bond acceptors (Lipinski definition) is 11. The van der Waals surface area contributed by atoms with E-state index >= 15 is 0 Å². The molecule has 11 N–H and O–H groups in total. The molecule has 0 spiro atoms. The SMILES string of the molecule is CC(C)(C)OC(=O)N1CCC(C(N)=O)CC1.CC(C)(C)OC(=O)N1CCC(C(N)=S)CC1.CO.Cl.NC(=O)C1CCNCC1.NC(=O)C1CCNCC1. The summed E-state index contributed by atoms with van der Waals surface area (Å²) in [4.78, 5) is 59.4. The van der Waals surface area contributed by atoms with Gasteiger partial charge < -0.3 is 57.9 Å². The van der Waals surface area contributed by atoms with Crippen LogP contribution in [0.4, 0.5) is 9.59 Å². The number of carbonyl (C=O) groups is 5. The minimum Gasteiger partial charge on any atom is -0.444 e. The lowest BCUT2D eigenvalue weighted by Crippen LogP contribution is -2.43. The summed E-state index contributed by atoms with van der Waals surface area (Å²) in [6, 6.07) is 0. The highest BCUT2D eigenvalue weighted by molar-refractivity contribution is 7.80.